The molecule has 2 aromatic rings. The number of hydrogen-bond acceptors (Lipinski definition) is 4. The van der Waals surface area contributed by atoms with Crippen LogP contribution in [0.4, 0.5) is 4.39 Å². The summed E-state index contributed by atoms with van der Waals surface area (Å²) in [7, 11) is 3.53. The van der Waals surface area contributed by atoms with Crippen molar-refractivity contribution >= 4 is 36.4 Å². The summed E-state index contributed by atoms with van der Waals surface area (Å²) in [4.78, 5) is 0. The molecule has 0 aliphatic rings. The molecule has 0 saturated carbocycles. The van der Waals surface area contributed by atoms with Gasteiger partial charge >= 0.3 is 0 Å². The molecule has 27 heavy (non-hydrogen) atoms. The molecule has 4 nitrogen and oxygen atoms in total. The van der Waals surface area contributed by atoms with Gasteiger partial charge in [-0.2, -0.15) is 0 Å². The van der Waals surface area contributed by atoms with Gasteiger partial charge < -0.3 is 20.1 Å². The Hall–Kier alpha value is -1.24. The average Bonchev–Trinajstić information content (AvgIpc) is 2.61. The van der Waals surface area contributed by atoms with Crippen LogP contribution in [0.1, 0.15) is 17.5 Å². The molecular weight excluding hydrogens is 414 g/mol. The summed E-state index contributed by atoms with van der Waals surface area (Å²) in [5.41, 5.74) is 1.43. The molecule has 152 valence electrons. The zero-order valence-electron chi connectivity index (χ0n) is 15.4. The quantitative estimate of drug-likeness (QED) is 0.531. The van der Waals surface area contributed by atoms with Crippen LogP contribution in [0.25, 0.3) is 0 Å². The highest BCUT2D eigenvalue weighted by Gasteiger charge is 2.10. The largest absolute Gasteiger partial charge is 0.493 e. The van der Waals surface area contributed by atoms with Crippen LogP contribution in [0, 0.1) is 5.82 Å². The van der Waals surface area contributed by atoms with Crippen LogP contribution in [0.3, 0.4) is 0 Å². The van der Waals surface area contributed by atoms with E-state index in [1.54, 1.807) is 19.2 Å². The van der Waals surface area contributed by atoms with Crippen molar-refractivity contribution in [3.8, 4) is 11.5 Å². The molecule has 0 amide bonds. The third kappa shape index (κ3) is 8.11. The summed E-state index contributed by atoms with van der Waals surface area (Å²) in [6, 6.07) is 10.3. The first-order valence-electron chi connectivity index (χ1n) is 8.23. The lowest BCUT2D eigenvalue weighted by Gasteiger charge is -2.13. The average molecular weight is 440 g/mol. The molecule has 2 N–H and O–H groups in total. The standard InChI is InChI=1S/C19H24ClFN2O2.2ClH/c1-22-9-4-10-23-12-14-7-8-18(19(11-14)24-2)25-13-15-16(20)5-3-6-17(15)21;;/h3,5-8,11,22-23H,4,9-10,12-13H2,1-2H3;2*1H. The van der Waals surface area contributed by atoms with Gasteiger partial charge in [-0.15, -0.1) is 24.8 Å². The third-order valence-electron chi connectivity index (χ3n) is 3.77. The molecule has 0 aliphatic heterocycles. The van der Waals surface area contributed by atoms with E-state index in [0.717, 1.165) is 31.6 Å². The molecule has 2 rings (SSSR count). The predicted molar refractivity (Wildman–Crippen MR) is 113 cm³/mol. The van der Waals surface area contributed by atoms with Crippen molar-refractivity contribution in [2.45, 2.75) is 19.6 Å². The summed E-state index contributed by atoms with van der Waals surface area (Å²) in [6.45, 7) is 2.72. The van der Waals surface area contributed by atoms with E-state index in [1.165, 1.54) is 6.07 Å². The van der Waals surface area contributed by atoms with Crippen molar-refractivity contribution in [1.82, 2.24) is 10.6 Å². The Morgan fingerprint density at radius 3 is 2.52 bits per heavy atom. The maximum Gasteiger partial charge on any atom is 0.161 e. The zero-order valence-corrected chi connectivity index (χ0v) is 17.8. The Morgan fingerprint density at radius 2 is 1.85 bits per heavy atom. The second-order valence-electron chi connectivity index (χ2n) is 5.61. The first kappa shape index (κ1) is 25.8. The summed E-state index contributed by atoms with van der Waals surface area (Å²) in [5.74, 6) is 0.789. The van der Waals surface area contributed by atoms with Gasteiger partial charge in [-0.1, -0.05) is 23.7 Å². The number of halogens is 4. The minimum atomic E-state index is -0.381. The second kappa shape index (κ2) is 13.9. The molecule has 0 aliphatic carbocycles. The van der Waals surface area contributed by atoms with Crippen molar-refractivity contribution in [2.24, 2.45) is 0 Å². The van der Waals surface area contributed by atoms with E-state index in [9.17, 15) is 4.39 Å². The lowest BCUT2D eigenvalue weighted by atomic mass is 10.2. The maximum absolute atomic E-state index is 13.8. The van der Waals surface area contributed by atoms with Gasteiger partial charge in [0.05, 0.1) is 12.1 Å². The topological polar surface area (TPSA) is 42.5 Å². The molecule has 2 aromatic carbocycles. The van der Waals surface area contributed by atoms with Gasteiger partial charge in [-0.3, -0.25) is 0 Å². The molecule has 0 radical (unpaired) electrons. The number of rotatable bonds is 10. The van der Waals surface area contributed by atoms with Crippen LogP contribution < -0.4 is 20.1 Å². The Labute approximate surface area is 177 Å². The van der Waals surface area contributed by atoms with Crippen LogP contribution in [-0.2, 0) is 13.2 Å². The number of ether oxygens (including phenoxy) is 2. The van der Waals surface area contributed by atoms with Crippen molar-refractivity contribution in [2.75, 3.05) is 27.2 Å². The van der Waals surface area contributed by atoms with E-state index in [-0.39, 0.29) is 37.2 Å². The summed E-state index contributed by atoms with van der Waals surface area (Å²) >= 11 is 6.02. The Bertz CT molecular complexity index is 670. The molecule has 0 unspecified atom stereocenters. The molecule has 0 aromatic heterocycles. The number of hydrogen-bond donors (Lipinski definition) is 2. The van der Waals surface area contributed by atoms with Crippen LogP contribution in [0.5, 0.6) is 11.5 Å². The molecular formula is C19H26Cl3FN2O2. The second-order valence-corrected chi connectivity index (χ2v) is 6.02. The lowest BCUT2D eigenvalue weighted by Crippen LogP contribution is -2.19. The molecule has 0 heterocycles. The fourth-order valence-electron chi connectivity index (χ4n) is 2.38. The van der Waals surface area contributed by atoms with Crippen LogP contribution >= 0.6 is 36.4 Å². The fraction of sp³-hybridized carbons (Fsp3) is 0.368. The Morgan fingerprint density at radius 1 is 1.07 bits per heavy atom. The predicted octanol–water partition coefficient (Wildman–Crippen LogP) is 4.61. The van der Waals surface area contributed by atoms with Crippen LogP contribution in [0.15, 0.2) is 36.4 Å². The highest BCUT2D eigenvalue weighted by atomic mass is 35.5. The molecule has 0 bridgehead atoms. The minimum absolute atomic E-state index is 0. The molecule has 8 heteroatoms. The van der Waals surface area contributed by atoms with Crippen LogP contribution in [-0.4, -0.2) is 27.2 Å². The van der Waals surface area contributed by atoms with E-state index in [1.807, 2.05) is 25.2 Å². The van der Waals surface area contributed by atoms with E-state index in [0.29, 0.717) is 22.1 Å². The first-order chi connectivity index (χ1) is 12.2. The molecule has 0 atom stereocenters. The molecule has 0 saturated heterocycles. The van der Waals surface area contributed by atoms with E-state index < -0.39 is 0 Å². The van der Waals surface area contributed by atoms with Crippen molar-refractivity contribution in [3.63, 3.8) is 0 Å². The van der Waals surface area contributed by atoms with Crippen molar-refractivity contribution in [3.05, 3.63) is 58.4 Å². The SMILES string of the molecule is CNCCCNCc1ccc(OCc2c(F)cccc2Cl)c(OC)c1.Cl.Cl. The van der Waals surface area contributed by atoms with Gasteiger partial charge in [-0.25, -0.2) is 4.39 Å². The third-order valence-corrected chi connectivity index (χ3v) is 4.13. The van der Waals surface area contributed by atoms with E-state index >= 15 is 0 Å². The summed E-state index contributed by atoms with van der Waals surface area (Å²) in [5, 5.41) is 6.84. The summed E-state index contributed by atoms with van der Waals surface area (Å²) < 4.78 is 24.9. The number of benzene rings is 2. The maximum atomic E-state index is 13.8. The Kier molecular flexibility index (Phi) is 13.2. The normalized spacial score (nSPS) is 9.93. The number of nitrogens with one attached hydrogen (secondary N) is 2. The van der Waals surface area contributed by atoms with Crippen molar-refractivity contribution < 1.29 is 13.9 Å². The highest BCUT2D eigenvalue weighted by molar-refractivity contribution is 6.31. The van der Waals surface area contributed by atoms with Gasteiger partial charge in [0.15, 0.2) is 11.5 Å². The molecule has 0 spiro atoms. The van der Waals surface area contributed by atoms with E-state index in [2.05, 4.69) is 10.6 Å². The first-order valence-corrected chi connectivity index (χ1v) is 8.61. The van der Waals surface area contributed by atoms with Gasteiger partial charge in [0.1, 0.15) is 12.4 Å². The Balaban J connectivity index is 0.00000338. The monoisotopic (exact) mass is 438 g/mol. The molecule has 0 fully saturated rings. The fourth-order valence-corrected chi connectivity index (χ4v) is 2.60. The summed E-state index contributed by atoms with van der Waals surface area (Å²) in [6.07, 6.45) is 1.07. The zero-order chi connectivity index (χ0) is 18.1. The smallest absolute Gasteiger partial charge is 0.161 e. The minimum Gasteiger partial charge on any atom is -0.493 e. The van der Waals surface area contributed by atoms with Crippen molar-refractivity contribution in [1.29, 1.82) is 0 Å². The van der Waals surface area contributed by atoms with E-state index in [4.69, 9.17) is 21.1 Å². The van der Waals surface area contributed by atoms with Gasteiger partial charge in [-0.05, 0) is 56.4 Å². The van der Waals surface area contributed by atoms with Gasteiger partial charge in [0.2, 0.25) is 0 Å². The van der Waals surface area contributed by atoms with Gasteiger partial charge in [0.25, 0.3) is 0 Å². The lowest BCUT2D eigenvalue weighted by molar-refractivity contribution is 0.279. The number of methoxy groups -OCH3 is 1. The highest BCUT2D eigenvalue weighted by Crippen LogP contribution is 2.30. The van der Waals surface area contributed by atoms with Crippen LogP contribution in [0.2, 0.25) is 5.02 Å². The van der Waals surface area contributed by atoms with Gasteiger partial charge in [0, 0.05) is 12.1 Å².